The van der Waals surface area contributed by atoms with Crippen LogP contribution >= 0.6 is 0 Å². The van der Waals surface area contributed by atoms with Gasteiger partial charge in [-0.3, -0.25) is 9.69 Å². The summed E-state index contributed by atoms with van der Waals surface area (Å²) in [6.45, 7) is 6.56. The van der Waals surface area contributed by atoms with Crippen molar-refractivity contribution >= 4 is 5.91 Å². The predicted molar refractivity (Wildman–Crippen MR) is 112 cm³/mol. The van der Waals surface area contributed by atoms with E-state index >= 15 is 4.39 Å². The summed E-state index contributed by atoms with van der Waals surface area (Å²) in [7, 11) is 0. The number of hydrogen-bond acceptors (Lipinski definition) is 3. The summed E-state index contributed by atoms with van der Waals surface area (Å²) in [6.07, 6.45) is 6.63. The molecule has 156 valence electrons. The molecule has 2 fully saturated rings. The van der Waals surface area contributed by atoms with Crippen LogP contribution in [-0.2, 0) is 11.3 Å². The molecule has 0 saturated carbocycles. The molecular weight excluding hydrogens is 367 g/mol. The molecule has 2 heterocycles. The van der Waals surface area contributed by atoms with Crippen molar-refractivity contribution in [2.45, 2.75) is 51.9 Å². The molecule has 3 aliphatic rings. The number of aliphatic hydroxyl groups is 1. The minimum Gasteiger partial charge on any atom is -0.508 e. The van der Waals surface area contributed by atoms with Crippen LogP contribution in [0.15, 0.2) is 48.3 Å². The van der Waals surface area contributed by atoms with Gasteiger partial charge in [-0.1, -0.05) is 42.8 Å². The van der Waals surface area contributed by atoms with Crippen molar-refractivity contribution in [3.63, 3.8) is 0 Å². The normalized spacial score (nSPS) is 33.2. The zero-order chi connectivity index (χ0) is 20.6. The van der Waals surface area contributed by atoms with Crippen LogP contribution in [0.5, 0.6) is 0 Å². The lowest BCUT2D eigenvalue weighted by atomic mass is 9.68. The number of allylic oxidation sites excluding steroid dienone is 3. The lowest BCUT2D eigenvalue weighted by Crippen LogP contribution is -2.52. The first kappa shape index (κ1) is 20.1. The number of likely N-dealkylation sites (tertiary alicyclic amines) is 2. The molecule has 1 N–H and O–H groups in total. The zero-order valence-electron chi connectivity index (χ0n) is 17.4. The zero-order valence-corrected chi connectivity index (χ0v) is 17.4. The van der Waals surface area contributed by atoms with E-state index < -0.39 is 6.17 Å². The van der Waals surface area contributed by atoms with Gasteiger partial charge in [-0.05, 0) is 55.9 Å². The number of hydrogen-bond donors (Lipinski definition) is 1. The summed E-state index contributed by atoms with van der Waals surface area (Å²) in [4.78, 5) is 16.9. The Bertz CT molecular complexity index is 819. The van der Waals surface area contributed by atoms with E-state index in [4.69, 9.17) is 0 Å². The number of aryl methyl sites for hydroxylation is 1. The Morgan fingerprint density at radius 2 is 1.97 bits per heavy atom. The first-order valence-corrected chi connectivity index (χ1v) is 10.7. The van der Waals surface area contributed by atoms with Gasteiger partial charge < -0.3 is 10.0 Å². The number of aliphatic hydroxyl groups excluding tert-OH is 1. The van der Waals surface area contributed by atoms with Gasteiger partial charge >= 0.3 is 0 Å². The van der Waals surface area contributed by atoms with Crippen LogP contribution in [0.25, 0.3) is 0 Å². The molecule has 1 aromatic rings. The number of alkyl halides is 1. The van der Waals surface area contributed by atoms with E-state index in [2.05, 4.69) is 43.0 Å². The Labute approximate surface area is 172 Å². The fourth-order valence-corrected chi connectivity index (χ4v) is 5.10. The number of halogens is 1. The van der Waals surface area contributed by atoms with Crippen LogP contribution in [0.4, 0.5) is 4.39 Å². The fourth-order valence-electron chi connectivity index (χ4n) is 5.10. The van der Waals surface area contributed by atoms with Gasteiger partial charge in [0.2, 0.25) is 5.91 Å². The lowest BCUT2D eigenvalue weighted by Gasteiger charge is -2.44. The fraction of sp³-hybridized carbons (Fsp3) is 0.542. The maximum atomic E-state index is 15.2. The molecular formula is C24H31FN2O2. The molecule has 0 aromatic heterocycles. The predicted octanol–water partition coefficient (Wildman–Crippen LogP) is 4.16. The summed E-state index contributed by atoms with van der Waals surface area (Å²) in [5, 5.41) is 9.59. The van der Waals surface area contributed by atoms with E-state index in [0.29, 0.717) is 19.5 Å². The van der Waals surface area contributed by atoms with Crippen LogP contribution in [0, 0.1) is 18.3 Å². The van der Waals surface area contributed by atoms with Crippen LogP contribution in [0.3, 0.4) is 0 Å². The molecule has 0 spiro atoms. The van der Waals surface area contributed by atoms with E-state index in [9.17, 15) is 9.90 Å². The third-order valence-electron chi connectivity index (χ3n) is 7.01. The molecule has 1 aliphatic carbocycles. The SMILES string of the molecule is Cc1ccc(CN2CC[C@@H](N3CC[C@@H](C4(C)C=CC(O)=CC4)[C@@H](F)C3)C2=O)cc1. The molecule has 1 amide bonds. The quantitative estimate of drug-likeness (QED) is 0.828. The van der Waals surface area contributed by atoms with E-state index in [1.807, 2.05) is 11.0 Å². The van der Waals surface area contributed by atoms with Crippen LogP contribution < -0.4 is 0 Å². The summed E-state index contributed by atoms with van der Waals surface area (Å²) in [5.74, 6) is 0.313. The molecule has 4 nitrogen and oxygen atoms in total. The molecule has 5 heteroatoms. The lowest BCUT2D eigenvalue weighted by molar-refractivity contribution is -0.134. The van der Waals surface area contributed by atoms with Gasteiger partial charge in [0.25, 0.3) is 0 Å². The van der Waals surface area contributed by atoms with E-state index in [0.717, 1.165) is 31.5 Å². The maximum absolute atomic E-state index is 15.2. The van der Waals surface area contributed by atoms with Crippen molar-refractivity contribution in [2.75, 3.05) is 19.6 Å². The summed E-state index contributed by atoms with van der Waals surface area (Å²) in [5.41, 5.74) is 2.08. The maximum Gasteiger partial charge on any atom is 0.240 e. The molecule has 4 rings (SSSR count). The minimum atomic E-state index is -0.967. The summed E-state index contributed by atoms with van der Waals surface area (Å²) in [6, 6.07) is 8.09. The van der Waals surface area contributed by atoms with E-state index in [1.165, 1.54) is 5.56 Å². The first-order chi connectivity index (χ1) is 13.9. The second kappa shape index (κ2) is 7.94. The molecule has 2 saturated heterocycles. The van der Waals surface area contributed by atoms with Crippen LogP contribution in [0.2, 0.25) is 0 Å². The monoisotopic (exact) mass is 398 g/mol. The van der Waals surface area contributed by atoms with Crippen molar-refractivity contribution in [1.82, 2.24) is 9.80 Å². The highest BCUT2D eigenvalue weighted by Gasteiger charge is 2.45. The van der Waals surface area contributed by atoms with Gasteiger partial charge in [0.1, 0.15) is 11.9 Å². The average Bonchev–Trinajstić information content (AvgIpc) is 3.06. The Kier molecular flexibility index (Phi) is 5.52. The average molecular weight is 399 g/mol. The highest BCUT2D eigenvalue weighted by molar-refractivity contribution is 5.84. The Hall–Kier alpha value is -2.14. The molecule has 1 unspecified atom stereocenters. The number of amides is 1. The molecule has 29 heavy (non-hydrogen) atoms. The molecule has 0 radical (unpaired) electrons. The standard InChI is InChI=1S/C24H31FN2O2/c1-17-3-5-18(6-4-17)15-27-14-10-22(23(27)29)26-13-9-20(21(25)16-26)24(2)11-7-19(28)8-12-24/h3-8,11,20-22,28H,9-10,12-16H2,1-2H3/t20-,21+,22-,24?/m1/s1. The van der Waals surface area contributed by atoms with Gasteiger partial charge in [0.15, 0.2) is 0 Å². The number of carbonyl (C=O) groups excluding carboxylic acids is 1. The Balaban J connectivity index is 1.36. The van der Waals surface area contributed by atoms with Crippen molar-refractivity contribution in [3.05, 3.63) is 59.4 Å². The Morgan fingerprint density at radius 1 is 1.21 bits per heavy atom. The highest BCUT2D eigenvalue weighted by atomic mass is 19.1. The van der Waals surface area contributed by atoms with Gasteiger partial charge in [-0.15, -0.1) is 0 Å². The number of carbonyl (C=O) groups is 1. The van der Waals surface area contributed by atoms with Crippen molar-refractivity contribution in [1.29, 1.82) is 0 Å². The van der Waals surface area contributed by atoms with Gasteiger partial charge in [0.05, 0.1) is 6.04 Å². The number of nitrogens with zero attached hydrogens (tertiary/aromatic N) is 2. The van der Waals surface area contributed by atoms with Gasteiger partial charge in [-0.2, -0.15) is 0 Å². The highest BCUT2D eigenvalue weighted by Crippen LogP contribution is 2.43. The molecule has 4 atom stereocenters. The van der Waals surface area contributed by atoms with Crippen molar-refractivity contribution in [3.8, 4) is 0 Å². The smallest absolute Gasteiger partial charge is 0.240 e. The number of piperidine rings is 1. The van der Waals surface area contributed by atoms with Crippen LogP contribution in [-0.4, -0.2) is 52.7 Å². The summed E-state index contributed by atoms with van der Waals surface area (Å²) >= 11 is 0. The first-order valence-electron chi connectivity index (χ1n) is 10.7. The topological polar surface area (TPSA) is 43.8 Å². The number of benzene rings is 1. The Morgan fingerprint density at radius 3 is 2.62 bits per heavy atom. The molecule has 2 aliphatic heterocycles. The molecule has 1 aromatic carbocycles. The van der Waals surface area contributed by atoms with E-state index in [-0.39, 0.29) is 29.0 Å². The second-order valence-corrected chi connectivity index (χ2v) is 9.13. The third-order valence-corrected chi connectivity index (χ3v) is 7.01. The third kappa shape index (κ3) is 4.11. The number of rotatable bonds is 4. The summed E-state index contributed by atoms with van der Waals surface area (Å²) < 4.78 is 15.2. The van der Waals surface area contributed by atoms with Gasteiger partial charge in [0, 0.05) is 25.6 Å². The molecule has 0 bridgehead atoms. The van der Waals surface area contributed by atoms with Crippen molar-refractivity contribution in [2.24, 2.45) is 11.3 Å². The van der Waals surface area contributed by atoms with E-state index in [1.54, 1.807) is 12.2 Å². The van der Waals surface area contributed by atoms with Crippen LogP contribution in [0.1, 0.15) is 37.3 Å². The van der Waals surface area contributed by atoms with Crippen molar-refractivity contribution < 1.29 is 14.3 Å². The largest absolute Gasteiger partial charge is 0.508 e. The second-order valence-electron chi connectivity index (χ2n) is 9.13. The minimum absolute atomic E-state index is 0.0838. The van der Waals surface area contributed by atoms with Gasteiger partial charge in [-0.25, -0.2) is 4.39 Å².